The molecule has 0 radical (unpaired) electrons. The van der Waals surface area contributed by atoms with Gasteiger partial charge in [0.05, 0.1) is 12.1 Å². The van der Waals surface area contributed by atoms with Gasteiger partial charge in [0, 0.05) is 5.88 Å². The number of aryl methyl sites for hydroxylation is 1. The summed E-state index contributed by atoms with van der Waals surface area (Å²) in [5.41, 5.74) is 1.15. The monoisotopic (exact) mass is 220 g/mol. The molecule has 0 heterocycles. The van der Waals surface area contributed by atoms with E-state index in [2.05, 4.69) is 0 Å². The molecule has 0 unspecified atom stereocenters. The highest BCUT2D eigenvalue weighted by molar-refractivity contribution is 6.32. The lowest BCUT2D eigenvalue weighted by molar-refractivity contribution is 0.414. The molecule has 13 heavy (non-hydrogen) atoms. The van der Waals surface area contributed by atoms with Gasteiger partial charge in [-0.15, -0.1) is 11.6 Å². The van der Waals surface area contributed by atoms with Crippen LogP contribution in [0.2, 0.25) is 5.02 Å². The van der Waals surface area contributed by atoms with Gasteiger partial charge in [-0.1, -0.05) is 24.6 Å². The van der Waals surface area contributed by atoms with Gasteiger partial charge >= 0.3 is 0 Å². The van der Waals surface area contributed by atoms with Gasteiger partial charge in [-0.05, 0) is 24.6 Å². The number of hydrogen-bond donors (Lipinski definition) is 0. The molecule has 1 aromatic rings. The zero-order chi connectivity index (χ0) is 10.3. The van der Waals surface area contributed by atoms with Gasteiger partial charge in [0.25, 0.3) is 0 Å². The van der Waals surface area contributed by atoms with Crippen molar-refractivity contribution in [3.8, 4) is 5.75 Å². The molecule has 0 saturated heterocycles. The Morgan fingerprint density at radius 3 is 2.31 bits per heavy atom. The fraction of sp³-hybridized carbons (Fsp3) is 0.400. The highest BCUT2D eigenvalue weighted by Crippen LogP contribution is 2.24. The molecule has 74 valence electrons. The maximum atomic E-state index is 5.77. The SMILES string of the molecule is CCCl.COc1cc(C)ccc1Cl. The van der Waals surface area contributed by atoms with E-state index in [1.807, 2.05) is 32.0 Å². The van der Waals surface area contributed by atoms with Crippen LogP contribution in [0.3, 0.4) is 0 Å². The highest BCUT2D eigenvalue weighted by atomic mass is 35.5. The Kier molecular flexibility index (Phi) is 6.83. The van der Waals surface area contributed by atoms with Gasteiger partial charge in [-0.25, -0.2) is 0 Å². The lowest BCUT2D eigenvalue weighted by Crippen LogP contribution is -1.83. The van der Waals surface area contributed by atoms with Crippen LogP contribution in [0.4, 0.5) is 0 Å². The third-order valence-electron chi connectivity index (χ3n) is 1.31. The van der Waals surface area contributed by atoms with E-state index in [1.165, 1.54) is 0 Å². The van der Waals surface area contributed by atoms with Crippen molar-refractivity contribution in [1.29, 1.82) is 0 Å². The minimum absolute atomic E-state index is 0.660. The van der Waals surface area contributed by atoms with E-state index in [1.54, 1.807) is 7.11 Å². The second-order valence-corrected chi connectivity index (χ2v) is 3.35. The van der Waals surface area contributed by atoms with Crippen molar-refractivity contribution < 1.29 is 4.74 Å². The smallest absolute Gasteiger partial charge is 0.137 e. The maximum Gasteiger partial charge on any atom is 0.137 e. The summed E-state index contributed by atoms with van der Waals surface area (Å²) in [4.78, 5) is 0. The van der Waals surface area contributed by atoms with Crippen molar-refractivity contribution in [2.45, 2.75) is 13.8 Å². The van der Waals surface area contributed by atoms with Crippen molar-refractivity contribution in [2.75, 3.05) is 13.0 Å². The molecule has 1 aromatic carbocycles. The number of ether oxygens (including phenoxy) is 1. The average Bonchev–Trinajstić information content (AvgIpc) is 2.10. The maximum absolute atomic E-state index is 5.77. The third kappa shape index (κ3) is 5.02. The van der Waals surface area contributed by atoms with Crippen molar-refractivity contribution in [3.63, 3.8) is 0 Å². The molecule has 0 amide bonds. The van der Waals surface area contributed by atoms with Gasteiger partial charge < -0.3 is 4.74 Å². The molecule has 1 nitrogen and oxygen atoms in total. The number of methoxy groups -OCH3 is 1. The van der Waals surface area contributed by atoms with Gasteiger partial charge in [0.1, 0.15) is 5.75 Å². The topological polar surface area (TPSA) is 9.23 Å². The Balaban J connectivity index is 0.000000424. The standard InChI is InChI=1S/C8H9ClO.C2H5Cl/c1-6-3-4-7(9)8(5-6)10-2;1-2-3/h3-5H,1-2H3;2H2,1H3. The van der Waals surface area contributed by atoms with Crippen LogP contribution in [-0.4, -0.2) is 13.0 Å². The van der Waals surface area contributed by atoms with Gasteiger partial charge in [-0.3, -0.25) is 0 Å². The van der Waals surface area contributed by atoms with Crippen LogP contribution in [0.15, 0.2) is 18.2 Å². The summed E-state index contributed by atoms with van der Waals surface area (Å²) in [5, 5.41) is 0.660. The Morgan fingerprint density at radius 1 is 1.38 bits per heavy atom. The second-order valence-electron chi connectivity index (χ2n) is 2.41. The predicted molar refractivity (Wildman–Crippen MR) is 59.1 cm³/mol. The summed E-state index contributed by atoms with van der Waals surface area (Å²) in [6.45, 7) is 3.89. The molecule has 0 N–H and O–H groups in total. The van der Waals surface area contributed by atoms with Crippen LogP contribution >= 0.6 is 23.2 Å². The molecule has 0 bridgehead atoms. The van der Waals surface area contributed by atoms with E-state index < -0.39 is 0 Å². The largest absolute Gasteiger partial charge is 0.495 e. The van der Waals surface area contributed by atoms with Crippen molar-refractivity contribution in [3.05, 3.63) is 28.8 Å². The number of hydrogen-bond acceptors (Lipinski definition) is 1. The summed E-state index contributed by atoms with van der Waals surface area (Å²) in [7, 11) is 1.61. The lowest BCUT2D eigenvalue weighted by Gasteiger charge is -2.01. The first kappa shape index (κ1) is 12.6. The molecule has 0 spiro atoms. The van der Waals surface area contributed by atoms with Gasteiger partial charge in [0.2, 0.25) is 0 Å². The normalized spacial score (nSPS) is 8.69. The fourth-order valence-corrected chi connectivity index (χ4v) is 0.962. The first-order valence-corrected chi connectivity index (χ1v) is 4.93. The molecule has 1 rings (SSSR count). The molecule has 0 saturated carbocycles. The summed E-state index contributed by atoms with van der Waals surface area (Å²) in [6.07, 6.45) is 0. The second kappa shape index (κ2) is 7.05. The van der Waals surface area contributed by atoms with E-state index in [-0.39, 0.29) is 0 Å². The molecule has 0 aliphatic heterocycles. The zero-order valence-electron chi connectivity index (χ0n) is 8.10. The predicted octanol–water partition coefficient (Wildman–Crippen LogP) is 3.90. The first-order chi connectivity index (χ1) is 6.15. The average molecular weight is 221 g/mol. The van der Waals surface area contributed by atoms with E-state index in [0.29, 0.717) is 5.02 Å². The number of halogens is 2. The molecular weight excluding hydrogens is 207 g/mol. The number of alkyl halides is 1. The number of rotatable bonds is 1. The van der Waals surface area contributed by atoms with Crippen LogP contribution in [0.1, 0.15) is 12.5 Å². The van der Waals surface area contributed by atoms with E-state index in [0.717, 1.165) is 17.2 Å². The van der Waals surface area contributed by atoms with E-state index in [4.69, 9.17) is 27.9 Å². The Labute approximate surface area is 89.6 Å². The van der Waals surface area contributed by atoms with Crippen LogP contribution in [0.25, 0.3) is 0 Å². The molecule has 0 atom stereocenters. The lowest BCUT2D eigenvalue weighted by atomic mass is 10.2. The Bertz CT molecular complexity index is 249. The quantitative estimate of drug-likeness (QED) is 0.653. The van der Waals surface area contributed by atoms with E-state index in [9.17, 15) is 0 Å². The molecular formula is C10H14Cl2O. The molecule has 0 aliphatic carbocycles. The molecule has 3 heteroatoms. The molecule has 0 fully saturated rings. The summed E-state index contributed by atoms with van der Waals surface area (Å²) >= 11 is 10.8. The van der Waals surface area contributed by atoms with Crippen LogP contribution in [-0.2, 0) is 0 Å². The Hall–Kier alpha value is -0.400. The third-order valence-corrected chi connectivity index (χ3v) is 1.62. The zero-order valence-corrected chi connectivity index (χ0v) is 9.62. The minimum Gasteiger partial charge on any atom is -0.495 e. The number of benzene rings is 1. The minimum atomic E-state index is 0.660. The summed E-state index contributed by atoms with van der Waals surface area (Å²) < 4.78 is 4.99. The van der Waals surface area contributed by atoms with Gasteiger partial charge in [-0.2, -0.15) is 0 Å². The summed E-state index contributed by atoms with van der Waals surface area (Å²) in [6, 6.07) is 5.68. The van der Waals surface area contributed by atoms with Gasteiger partial charge in [0.15, 0.2) is 0 Å². The van der Waals surface area contributed by atoms with Crippen molar-refractivity contribution in [1.82, 2.24) is 0 Å². The van der Waals surface area contributed by atoms with Crippen LogP contribution < -0.4 is 4.74 Å². The Morgan fingerprint density at radius 2 is 1.92 bits per heavy atom. The van der Waals surface area contributed by atoms with Crippen LogP contribution in [0, 0.1) is 6.92 Å². The highest BCUT2D eigenvalue weighted by Gasteiger charge is 1.97. The molecule has 0 aliphatic rings. The summed E-state index contributed by atoms with van der Waals surface area (Å²) in [5.74, 6) is 1.46. The molecule has 0 aromatic heterocycles. The first-order valence-electron chi connectivity index (χ1n) is 4.01. The van der Waals surface area contributed by atoms with Crippen molar-refractivity contribution >= 4 is 23.2 Å². The van der Waals surface area contributed by atoms with Crippen LogP contribution in [0.5, 0.6) is 5.75 Å². The van der Waals surface area contributed by atoms with Crippen molar-refractivity contribution in [2.24, 2.45) is 0 Å². The van der Waals surface area contributed by atoms with E-state index >= 15 is 0 Å². The fourth-order valence-electron chi connectivity index (χ4n) is 0.767.